The van der Waals surface area contributed by atoms with Crippen molar-refractivity contribution in [2.45, 2.75) is 39.7 Å². The Kier molecular flexibility index (Phi) is 4.60. The molecular weight excluding hydrogens is 258 g/mol. The molecule has 0 N–H and O–H groups in total. The molecule has 1 rings (SSSR count). The van der Waals surface area contributed by atoms with E-state index in [1.807, 2.05) is 20.8 Å². The van der Waals surface area contributed by atoms with Crippen molar-refractivity contribution in [2.24, 2.45) is 5.41 Å². The van der Waals surface area contributed by atoms with Crippen LogP contribution in [0.3, 0.4) is 0 Å². The molecule has 1 aromatic carbocycles. The van der Waals surface area contributed by atoms with E-state index in [-0.39, 0.29) is 11.0 Å². The van der Waals surface area contributed by atoms with E-state index in [0.29, 0.717) is 5.76 Å². The molecule has 0 heterocycles. The van der Waals surface area contributed by atoms with Crippen LogP contribution in [0.2, 0.25) is 0 Å². The number of rotatable bonds is 5. The maximum Gasteiger partial charge on any atom is 0.194 e. The van der Waals surface area contributed by atoms with E-state index in [9.17, 15) is 8.78 Å². The van der Waals surface area contributed by atoms with Gasteiger partial charge < -0.3 is 4.74 Å². The topological polar surface area (TPSA) is 9.23 Å². The zero-order valence-electron chi connectivity index (χ0n) is 12.4. The lowest BCUT2D eigenvalue weighted by Crippen LogP contribution is -2.29. The number of allylic oxidation sites excluding steroid dienone is 1. The van der Waals surface area contributed by atoms with Gasteiger partial charge in [-0.2, -0.15) is 0 Å². The summed E-state index contributed by atoms with van der Waals surface area (Å²) in [5.41, 5.74) is -1.70. The predicted octanol–water partition coefficient (Wildman–Crippen LogP) is 4.78. The predicted molar refractivity (Wildman–Crippen MR) is 76.8 cm³/mol. The fourth-order valence-corrected chi connectivity index (χ4v) is 1.61. The lowest BCUT2D eigenvalue weighted by molar-refractivity contribution is 0.0279. The molecule has 0 bridgehead atoms. The molecule has 3 heteroatoms. The van der Waals surface area contributed by atoms with Crippen LogP contribution in [-0.2, 0) is 10.3 Å². The van der Waals surface area contributed by atoms with Gasteiger partial charge in [-0.25, -0.2) is 8.78 Å². The molecule has 0 saturated carbocycles. The molecule has 0 radical (unpaired) electrons. The largest absolute Gasteiger partial charge is 0.475 e. The highest BCUT2D eigenvalue weighted by Gasteiger charge is 2.34. The molecule has 1 nitrogen and oxygen atoms in total. The highest BCUT2D eigenvalue weighted by atomic mass is 19.1. The number of ether oxygens (including phenoxy) is 1. The minimum Gasteiger partial charge on any atom is -0.475 e. The van der Waals surface area contributed by atoms with Gasteiger partial charge in [0.25, 0.3) is 0 Å². The van der Waals surface area contributed by atoms with Crippen molar-refractivity contribution in [3.8, 4) is 12.3 Å². The highest BCUT2D eigenvalue weighted by molar-refractivity contribution is 5.32. The van der Waals surface area contributed by atoms with Crippen LogP contribution in [0.1, 0.15) is 39.7 Å². The van der Waals surface area contributed by atoms with E-state index >= 15 is 0 Å². The standard InChI is InChI=1S/C17H20F2O/c1-7-16(4,5)12(3)20-17(6,8-2)14-11-13(18)9-10-15(14)19/h2,9-11H,3,7H2,1,4-6H3. The fraction of sp³-hybridized carbons (Fsp3) is 0.412. The van der Waals surface area contributed by atoms with E-state index < -0.39 is 17.2 Å². The Labute approximate surface area is 119 Å². The monoisotopic (exact) mass is 278 g/mol. The molecule has 0 amide bonds. The van der Waals surface area contributed by atoms with Crippen LogP contribution >= 0.6 is 0 Å². The van der Waals surface area contributed by atoms with Crippen molar-refractivity contribution < 1.29 is 13.5 Å². The van der Waals surface area contributed by atoms with Crippen molar-refractivity contribution in [3.05, 3.63) is 47.7 Å². The van der Waals surface area contributed by atoms with Crippen molar-refractivity contribution in [2.75, 3.05) is 0 Å². The average Bonchev–Trinajstić information content (AvgIpc) is 2.41. The van der Waals surface area contributed by atoms with Crippen LogP contribution in [0.25, 0.3) is 0 Å². The summed E-state index contributed by atoms with van der Waals surface area (Å²) < 4.78 is 33.0. The van der Waals surface area contributed by atoms with Crippen molar-refractivity contribution in [3.63, 3.8) is 0 Å². The molecule has 0 saturated heterocycles. The number of hydrogen-bond acceptors (Lipinski definition) is 1. The van der Waals surface area contributed by atoms with Gasteiger partial charge in [0.2, 0.25) is 0 Å². The van der Waals surface area contributed by atoms with Gasteiger partial charge >= 0.3 is 0 Å². The van der Waals surface area contributed by atoms with Gasteiger partial charge in [0.1, 0.15) is 11.6 Å². The minimum atomic E-state index is -1.39. The Bertz CT molecular complexity index is 555. The third-order valence-corrected chi connectivity index (χ3v) is 3.68. The summed E-state index contributed by atoms with van der Waals surface area (Å²) >= 11 is 0. The molecule has 0 fully saturated rings. The molecule has 0 aromatic heterocycles. The maximum atomic E-state index is 13.9. The molecule has 108 valence electrons. The van der Waals surface area contributed by atoms with Crippen LogP contribution in [0.4, 0.5) is 8.78 Å². The number of hydrogen-bond donors (Lipinski definition) is 0. The Balaban J connectivity index is 3.20. The van der Waals surface area contributed by atoms with E-state index in [1.165, 1.54) is 6.92 Å². The summed E-state index contributed by atoms with van der Waals surface area (Å²) in [4.78, 5) is 0. The van der Waals surface area contributed by atoms with Crippen LogP contribution in [0, 0.1) is 29.4 Å². The van der Waals surface area contributed by atoms with Gasteiger partial charge in [0.15, 0.2) is 5.60 Å². The molecule has 0 aliphatic rings. The molecule has 0 aliphatic heterocycles. The smallest absolute Gasteiger partial charge is 0.194 e. The van der Waals surface area contributed by atoms with Crippen molar-refractivity contribution >= 4 is 0 Å². The van der Waals surface area contributed by atoms with E-state index in [1.54, 1.807) is 0 Å². The summed E-state index contributed by atoms with van der Waals surface area (Å²) in [6, 6.07) is 3.14. The molecule has 1 unspecified atom stereocenters. The van der Waals surface area contributed by atoms with Crippen molar-refractivity contribution in [1.82, 2.24) is 0 Å². The molecule has 20 heavy (non-hydrogen) atoms. The summed E-state index contributed by atoms with van der Waals surface area (Å²) in [5, 5.41) is 0. The van der Waals surface area contributed by atoms with Gasteiger partial charge in [-0.1, -0.05) is 33.3 Å². The first-order valence-electron chi connectivity index (χ1n) is 6.48. The maximum absolute atomic E-state index is 13.9. The van der Waals surface area contributed by atoms with E-state index in [2.05, 4.69) is 12.5 Å². The number of terminal acetylenes is 1. The third-order valence-electron chi connectivity index (χ3n) is 3.68. The minimum absolute atomic E-state index is 0.00643. The van der Waals surface area contributed by atoms with Crippen LogP contribution in [-0.4, -0.2) is 0 Å². The SMILES string of the molecule is C#CC(C)(OC(=C)C(C)(C)CC)c1cc(F)ccc1F. The molecule has 1 atom stereocenters. The second kappa shape index (κ2) is 5.66. The lowest BCUT2D eigenvalue weighted by Gasteiger charge is -2.33. The van der Waals surface area contributed by atoms with Gasteiger partial charge in [-0.15, -0.1) is 6.42 Å². The first-order chi connectivity index (χ1) is 9.16. The highest BCUT2D eigenvalue weighted by Crippen LogP contribution is 2.37. The molecular formula is C17H20F2O. The summed E-state index contributed by atoms with van der Waals surface area (Å²) in [7, 11) is 0. The molecule has 1 aromatic rings. The Morgan fingerprint density at radius 1 is 1.35 bits per heavy atom. The Hall–Kier alpha value is -1.82. The number of halogens is 2. The normalized spacial score (nSPS) is 14.2. The van der Waals surface area contributed by atoms with E-state index in [0.717, 1.165) is 24.6 Å². The fourth-order valence-electron chi connectivity index (χ4n) is 1.61. The zero-order chi connectivity index (χ0) is 15.6. The van der Waals surface area contributed by atoms with Gasteiger partial charge in [0, 0.05) is 11.0 Å². The average molecular weight is 278 g/mol. The second-order valence-corrected chi connectivity index (χ2v) is 5.56. The van der Waals surface area contributed by atoms with Gasteiger partial charge in [0.05, 0.1) is 5.76 Å². The van der Waals surface area contributed by atoms with Crippen LogP contribution in [0.15, 0.2) is 30.5 Å². The molecule has 0 aliphatic carbocycles. The van der Waals surface area contributed by atoms with Gasteiger partial charge in [-0.05, 0) is 31.5 Å². The first-order valence-corrected chi connectivity index (χ1v) is 6.48. The second-order valence-electron chi connectivity index (χ2n) is 5.56. The van der Waals surface area contributed by atoms with Crippen LogP contribution in [0.5, 0.6) is 0 Å². The van der Waals surface area contributed by atoms with Crippen molar-refractivity contribution in [1.29, 1.82) is 0 Å². The number of benzene rings is 1. The van der Waals surface area contributed by atoms with Crippen LogP contribution < -0.4 is 0 Å². The summed E-state index contributed by atoms with van der Waals surface area (Å²) in [5.74, 6) is 1.68. The Morgan fingerprint density at radius 2 is 1.95 bits per heavy atom. The summed E-state index contributed by atoms with van der Waals surface area (Å²) in [6.07, 6.45) is 6.28. The summed E-state index contributed by atoms with van der Waals surface area (Å²) in [6.45, 7) is 11.3. The lowest BCUT2D eigenvalue weighted by atomic mass is 9.87. The first kappa shape index (κ1) is 16.2. The Morgan fingerprint density at radius 3 is 2.45 bits per heavy atom. The third kappa shape index (κ3) is 3.19. The van der Waals surface area contributed by atoms with Gasteiger partial charge in [-0.3, -0.25) is 0 Å². The van der Waals surface area contributed by atoms with E-state index in [4.69, 9.17) is 11.2 Å². The zero-order valence-corrected chi connectivity index (χ0v) is 12.4. The quantitative estimate of drug-likeness (QED) is 0.556. The molecule has 0 spiro atoms.